The van der Waals surface area contributed by atoms with Crippen LogP contribution in [-0.4, -0.2) is 14.5 Å². The summed E-state index contributed by atoms with van der Waals surface area (Å²) in [5.41, 5.74) is 4.84. The fraction of sp³-hybridized carbons (Fsp3) is 0.250. The van der Waals surface area contributed by atoms with Crippen molar-refractivity contribution in [2.75, 3.05) is 0 Å². The molecule has 20 heavy (non-hydrogen) atoms. The van der Waals surface area contributed by atoms with Crippen LogP contribution in [0.25, 0.3) is 22.3 Å². The van der Waals surface area contributed by atoms with Gasteiger partial charge in [-0.25, -0.2) is 9.37 Å². The first-order valence-corrected chi connectivity index (χ1v) is 6.67. The topological polar surface area (TPSA) is 30.7 Å². The Morgan fingerprint density at radius 3 is 2.35 bits per heavy atom. The number of hydrogen-bond donors (Lipinski definition) is 0. The van der Waals surface area contributed by atoms with Crippen molar-refractivity contribution in [2.45, 2.75) is 26.8 Å². The number of nitrogens with zero attached hydrogens (tertiary/aromatic N) is 3. The highest BCUT2D eigenvalue weighted by atomic mass is 19.1. The van der Waals surface area contributed by atoms with Gasteiger partial charge in [-0.05, 0) is 38.5 Å². The molecule has 3 aromatic rings. The molecule has 0 N–H and O–H groups in total. The van der Waals surface area contributed by atoms with E-state index in [0.717, 1.165) is 28.0 Å². The molecule has 4 heteroatoms. The molecule has 0 radical (unpaired) electrons. The number of benzene rings is 1. The molecule has 0 saturated carbocycles. The van der Waals surface area contributed by atoms with E-state index in [9.17, 15) is 4.39 Å². The lowest BCUT2D eigenvalue weighted by atomic mass is 10.1. The summed E-state index contributed by atoms with van der Waals surface area (Å²) in [6, 6.07) is 6.82. The van der Waals surface area contributed by atoms with Crippen molar-refractivity contribution in [3.05, 3.63) is 48.2 Å². The number of fused-ring (bicyclic) bond motifs is 1. The Morgan fingerprint density at radius 1 is 1.05 bits per heavy atom. The summed E-state index contributed by atoms with van der Waals surface area (Å²) >= 11 is 0. The lowest BCUT2D eigenvalue weighted by molar-refractivity contribution is 0.603. The second-order valence-corrected chi connectivity index (χ2v) is 5.16. The maximum absolute atomic E-state index is 13.1. The third kappa shape index (κ3) is 1.88. The van der Waals surface area contributed by atoms with Gasteiger partial charge in [0.1, 0.15) is 11.3 Å². The number of aromatic nitrogens is 3. The van der Waals surface area contributed by atoms with Crippen molar-refractivity contribution in [1.82, 2.24) is 14.5 Å². The smallest absolute Gasteiger partial charge is 0.159 e. The van der Waals surface area contributed by atoms with Gasteiger partial charge in [0.25, 0.3) is 0 Å². The minimum absolute atomic E-state index is 0.231. The van der Waals surface area contributed by atoms with Gasteiger partial charge in [0.15, 0.2) is 5.65 Å². The molecular weight excluding hydrogens is 253 g/mol. The van der Waals surface area contributed by atoms with Crippen molar-refractivity contribution in [2.24, 2.45) is 0 Å². The van der Waals surface area contributed by atoms with Crippen LogP contribution in [0.1, 0.15) is 25.6 Å². The number of rotatable bonds is 2. The molecule has 0 aliphatic rings. The molecule has 0 atom stereocenters. The zero-order valence-electron chi connectivity index (χ0n) is 11.8. The fourth-order valence-electron chi connectivity index (χ4n) is 2.73. The molecule has 2 heterocycles. The summed E-state index contributed by atoms with van der Waals surface area (Å²) in [5.74, 6) is -0.231. The van der Waals surface area contributed by atoms with E-state index in [1.807, 2.05) is 0 Å². The Balaban J connectivity index is 2.35. The van der Waals surface area contributed by atoms with E-state index >= 15 is 0 Å². The van der Waals surface area contributed by atoms with Crippen LogP contribution in [0.2, 0.25) is 0 Å². The fourth-order valence-corrected chi connectivity index (χ4v) is 2.73. The van der Waals surface area contributed by atoms with Crippen molar-refractivity contribution >= 4 is 11.2 Å². The van der Waals surface area contributed by atoms with Gasteiger partial charge in [-0.3, -0.25) is 4.98 Å². The predicted octanol–water partition coefficient (Wildman–Crippen LogP) is 4.13. The van der Waals surface area contributed by atoms with Gasteiger partial charge in [-0.1, -0.05) is 12.1 Å². The van der Waals surface area contributed by atoms with E-state index in [4.69, 9.17) is 0 Å². The third-order valence-electron chi connectivity index (χ3n) is 3.52. The van der Waals surface area contributed by atoms with E-state index in [1.54, 1.807) is 24.5 Å². The van der Waals surface area contributed by atoms with Crippen molar-refractivity contribution in [3.63, 3.8) is 0 Å². The van der Waals surface area contributed by atoms with Gasteiger partial charge in [-0.2, -0.15) is 0 Å². The highest BCUT2D eigenvalue weighted by molar-refractivity contribution is 5.93. The summed E-state index contributed by atoms with van der Waals surface area (Å²) < 4.78 is 15.3. The third-order valence-corrected chi connectivity index (χ3v) is 3.52. The Labute approximate surface area is 117 Å². The maximum Gasteiger partial charge on any atom is 0.159 e. The summed E-state index contributed by atoms with van der Waals surface area (Å²) in [5, 5.41) is 0. The van der Waals surface area contributed by atoms with E-state index in [2.05, 4.69) is 35.3 Å². The zero-order valence-corrected chi connectivity index (χ0v) is 11.8. The van der Waals surface area contributed by atoms with E-state index in [0.29, 0.717) is 6.04 Å². The Morgan fingerprint density at radius 2 is 1.70 bits per heavy atom. The SMILES string of the molecule is Cc1c(-c2ccc(F)cc2)c2nccnc2n1C(C)C. The second kappa shape index (κ2) is 4.71. The minimum atomic E-state index is -0.231. The first-order valence-electron chi connectivity index (χ1n) is 6.67. The van der Waals surface area contributed by atoms with Crippen LogP contribution in [0.4, 0.5) is 4.39 Å². The predicted molar refractivity (Wildman–Crippen MR) is 78.0 cm³/mol. The molecule has 0 aliphatic heterocycles. The highest BCUT2D eigenvalue weighted by Gasteiger charge is 2.18. The van der Waals surface area contributed by atoms with Crippen LogP contribution in [0, 0.1) is 12.7 Å². The van der Waals surface area contributed by atoms with Gasteiger partial charge in [0.2, 0.25) is 0 Å². The minimum Gasteiger partial charge on any atom is -0.325 e. The summed E-state index contributed by atoms with van der Waals surface area (Å²) in [6.45, 7) is 6.30. The Hall–Kier alpha value is -2.23. The second-order valence-electron chi connectivity index (χ2n) is 5.16. The van der Waals surface area contributed by atoms with Gasteiger partial charge in [0, 0.05) is 29.7 Å². The highest BCUT2D eigenvalue weighted by Crippen LogP contribution is 2.34. The molecule has 0 spiro atoms. The molecule has 0 amide bonds. The monoisotopic (exact) mass is 269 g/mol. The van der Waals surface area contributed by atoms with Gasteiger partial charge >= 0.3 is 0 Å². The summed E-state index contributed by atoms with van der Waals surface area (Å²) in [6.07, 6.45) is 3.40. The van der Waals surface area contributed by atoms with E-state index in [1.165, 1.54) is 12.1 Å². The molecule has 2 aromatic heterocycles. The van der Waals surface area contributed by atoms with E-state index in [-0.39, 0.29) is 5.82 Å². The molecule has 0 saturated heterocycles. The van der Waals surface area contributed by atoms with Gasteiger partial charge < -0.3 is 4.57 Å². The zero-order chi connectivity index (χ0) is 14.3. The van der Waals surface area contributed by atoms with Crippen molar-refractivity contribution in [1.29, 1.82) is 0 Å². The van der Waals surface area contributed by atoms with Gasteiger partial charge in [0.05, 0.1) is 0 Å². The first kappa shape index (κ1) is 12.8. The molecule has 0 bridgehead atoms. The average molecular weight is 269 g/mol. The quantitative estimate of drug-likeness (QED) is 0.700. The lowest BCUT2D eigenvalue weighted by Gasteiger charge is -2.11. The van der Waals surface area contributed by atoms with Crippen LogP contribution >= 0.6 is 0 Å². The van der Waals surface area contributed by atoms with Crippen molar-refractivity contribution in [3.8, 4) is 11.1 Å². The summed E-state index contributed by atoms with van der Waals surface area (Å²) in [4.78, 5) is 8.92. The van der Waals surface area contributed by atoms with Crippen LogP contribution in [0.3, 0.4) is 0 Å². The largest absolute Gasteiger partial charge is 0.325 e. The molecule has 0 aliphatic carbocycles. The standard InChI is InChI=1S/C16H16FN3/c1-10(2)20-11(3)14(12-4-6-13(17)7-5-12)15-16(20)19-9-8-18-15/h4-10H,1-3H3. The van der Waals surface area contributed by atoms with Crippen LogP contribution in [0.5, 0.6) is 0 Å². The first-order chi connectivity index (χ1) is 9.59. The molecule has 0 unspecified atom stereocenters. The van der Waals surface area contributed by atoms with Crippen molar-refractivity contribution < 1.29 is 4.39 Å². The normalized spacial score (nSPS) is 11.4. The van der Waals surface area contributed by atoms with E-state index < -0.39 is 0 Å². The molecule has 0 fully saturated rings. The lowest BCUT2D eigenvalue weighted by Crippen LogP contribution is -2.03. The molecule has 3 rings (SSSR count). The Bertz CT molecular complexity index is 757. The molecule has 3 nitrogen and oxygen atoms in total. The Kier molecular flexibility index (Phi) is 3.01. The maximum atomic E-state index is 13.1. The van der Waals surface area contributed by atoms with Gasteiger partial charge in [-0.15, -0.1) is 0 Å². The average Bonchev–Trinajstić information content (AvgIpc) is 2.72. The molecule has 102 valence electrons. The van der Waals surface area contributed by atoms with Crippen LogP contribution in [-0.2, 0) is 0 Å². The van der Waals surface area contributed by atoms with Crippen LogP contribution in [0.15, 0.2) is 36.7 Å². The number of hydrogen-bond acceptors (Lipinski definition) is 2. The molecule has 1 aromatic carbocycles. The number of halogens is 1. The van der Waals surface area contributed by atoms with Crippen LogP contribution < -0.4 is 0 Å². The summed E-state index contributed by atoms with van der Waals surface area (Å²) in [7, 11) is 0. The molecular formula is C16H16FN3.